The van der Waals surface area contributed by atoms with E-state index in [2.05, 4.69) is 38.9 Å². The second kappa shape index (κ2) is 10.1. The van der Waals surface area contributed by atoms with Crippen molar-refractivity contribution in [3.05, 3.63) is 21.9 Å². The number of carbonyl (C=O) groups is 1. The van der Waals surface area contributed by atoms with Crippen LogP contribution in [0, 0.1) is 0 Å². The van der Waals surface area contributed by atoms with Crippen molar-refractivity contribution in [3.63, 3.8) is 0 Å². The smallest absolute Gasteiger partial charge is 0.244 e. The maximum absolute atomic E-state index is 12.6. The number of amides is 1. The van der Waals surface area contributed by atoms with Gasteiger partial charge in [-0.2, -0.15) is 0 Å². The average Bonchev–Trinajstić information content (AvgIpc) is 3.18. The minimum Gasteiger partial charge on any atom is -0.379 e. The number of carbonyl (C=O) groups excluding carboxylic acids is 1. The molecule has 3 rings (SSSR count). The van der Waals surface area contributed by atoms with Crippen LogP contribution >= 0.6 is 11.3 Å². The molecule has 1 atom stereocenters. The van der Waals surface area contributed by atoms with Gasteiger partial charge in [-0.1, -0.05) is 0 Å². The van der Waals surface area contributed by atoms with Crippen LogP contribution in [0.4, 0.5) is 0 Å². The Balaban J connectivity index is 1.48. The Morgan fingerprint density at radius 2 is 2.15 bits per heavy atom. The lowest BCUT2D eigenvalue weighted by Gasteiger charge is -2.32. The molecule has 0 saturated carbocycles. The van der Waals surface area contributed by atoms with Gasteiger partial charge in [-0.05, 0) is 37.3 Å². The quantitative estimate of drug-likeness (QED) is 0.555. The number of hydrogen-bond donors (Lipinski definition) is 2. The van der Waals surface area contributed by atoms with Gasteiger partial charge in [-0.15, -0.1) is 11.3 Å². The van der Waals surface area contributed by atoms with E-state index in [9.17, 15) is 4.79 Å². The predicted octanol–water partition coefficient (Wildman–Crippen LogP) is 0.909. The summed E-state index contributed by atoms with van der Waals surface area (Å²) >= 11 is 1.79. The van der Waals surface area contributed by atoms with E-state index in [1.165, 1.54) is 10.4 Å². The van der Waals surface area contributed by atoms with Crippen molar-refractivity contribution >= 4 is 23.2 Å². The van der Waals surface area contributed by atoms with Crippen molar-refractivity contribution in [2.75, 3.05) is 52.5 Å². The van der Waals surface area contributed by atoms with Crippen LogP contribution < -0.4 is 10.6 Å². The van der Waals surface area contributed by atoms with Crippen molar-refractivity contribution in [3.8, 4) is 0 Å². The summed E-state index contributed by atoms with van der Waals surface area (Å²) in [6.45, 7) is 11.0. The van der Waals surface area contributed by atoms with Crippen LogP contribution in [-0.2, 0) is 22.5 Å². The molecule has 1 aromatic heterocycles. The van der Waals surface area contributed by atoms with Gasteiger partial charge in [0.2, 0.25) is 5.91 Å². The number of hydrogen-bond acceptors (Lipinski definition) is 5. The highest BCUT2D eigenvalue weighted by atomic mass is 32.1. The van der Waals surface area contributed by atoms with E-state index in [1.807, 2.05) is 11.8 Å². The number of nitrogens with zero attached hydrogens (tertiary/aromatic N) is 3. The lowest BCUT2D eigenvalue weighted by Crippen LogP contribution is -2.49. The fourth-order valence-corrected chi connectivity index (χ4v) is 4.33. The van der Waals surface area contributed by atoms with Crippen molar-refractivity contribution < 1.29 is 9.53 Å². The van der Waals surface area contributed by atoms with Crippen molar-refractivity contribution in [1.29, 1.82) is 0 Å². The van der Waals surface area contributed by atoms with Crippen LogP contribution in [0.25, 0.3) is 0 Å². The summed E-state index contributed by atoms with van der Waals surface area (Å²) in [4.78, 5) is 22.8. The minimum atomic E-state index is 0.0882. The summed E-state index contributed by atoms with van der Waals surface area (Å²) in [7, 11) is 0. The number of aliphatic imine (C=N–C) groups is 1. The Bertz CT molecular complexity index is 642. The second-order valence-electron chi connectivity index (χ2n) is 7.01. The Kier molecular flexibility index (Phi) is 7.49. The number of morpholine rings is 1. The first-order valence-electron chi connectivity index (χ1n) is 9.84. The summed E-state index contributed by atoms with van der Waals surface area (Å²) in [5.41, 5.74) is 1.29. The third-order valence-corrected chi connectivity index (χ3v) is 6.13. The number of guanidine groups is 1. The topological polar surface area (TPSA) is 69.2 Å². The summed E-state index contributed by atoms with van der Waals surface area (Å²) in [6, 6.07) is 2.52. The molecule has 2 aliphatic heterocycles. The molecule has 8 heteroatoms. The molecule has 0 radical (unpaired) electrons. The molecule has 27 heavy (non-hydrogen) atoms. The Morgan fingerprint density at radius 1 is 1.33 bits per heavy atom. The zero-order valence-corrected chi connectivity index (χ0v) is 17.2. The van der Waals surface area contributed by atoms with E-state index >= 15 is 0 Å². The maximum atomic E-state index is 12.6. The van der Waals surface area contributed by atoms with Crippen molar-refractivity contribution in [2.45, 2.75) is 32.9 Å². The first kappa shape index (κ1) is 20.1. The molecule has 1 unspecified atom stereocenters. The van der Waals surface area contributed by atoms with Gasteiger partial charge >= 0.3 is 0 Å². The summed E-state index contributed by atoms with van der Waals surface area (Å²) in [5.74, 6) is 0.796. The molecule has 1 amide bonds. The highest BCUT2D eigenvalue weighted by molar-refractivity contribution is 7.10. The molecule has 1 fully saturated rings. The van der Waals surface area contributed by atoms with Gasteiger partial charge in [0.1, 0.15) is 6.54 Å². The van der Waals surface area contributed by atoms with Crippen LogP contribution in [0.5, 0.6) is 0 Å². The molecule has 1 aromatic rings. The number of rotatable bonds is 6. The van der Waals surface area contributed by atoms with Gasteiger partial charge < -0.3 is 20.3 Å². The van der Waals surface area contributed by atoms with Gasteiger partial charge in [0.15, 0.2) is 5.96 Å². The van der Waals surface area contributed by atoms with E-state index in [4.69, 9.17) is 4.74 Å². The molecule has 150 valence electrons. The number of fused-ring (bicyclic) bond motifs is 1. The molecule has 2 aliphatic rings. The van der Waals surface area contributed by atoms with E-state index in [-0.39, 0.29) is 12.5 Å². The number of nitrogens with one attached hydrogen (secondary N) is 2. The van der Waals surface area contributed by atoms with Crippen LogP contribution in [0.15, 0.2) is 16.4 Å². The minimum absolute atomic E-state index is 0.0882. The Labute approximate surface area is 165 Å². The molecular formula is C19H31N5O2S. The summed E-state index contributed by atoms with van der Waals surface area (Å²) in [6.07, 6.45) is 0.956. The molecule has 1 saturated heterocycles. The van der Waals surface area contributed by atoms with Crippen LogP contribution in [0.1, 0.15) is 24.3 Å². The summed E-state index contributed by atoms with van der Waals surface area (Å²) in [5, 5.41) is 8.72. The van der Waals surface area contributed by atoms with Crippen molar-refractivity contribution in [2.24, 2.45) is 4.99 Å². The lowest BCUT2D eigenvalue weighted by molar-refractivity contribution is -0.130. The van der Waals surface area contributed by atoms with E-state index in [0.717, 1.165) is 52.4 Å². The van der Waals surface area contributed by atoms with Gasteiger partial charge in [0.05, 0.1) is 13.2 Å². The molecule has 0 spiro atoms. The van der Waals surface area contributed by atoms with Gasteiger partial charge in [0.25, 0.3) is 0 Å². The van der Waals surface area contributed by atoms with E-state index in [1.54, 1.807) is 11.3 Å². The molecule has 3 heterocycles. The third-order valence-electron chi connectivity index (χ3n) is 5.11. The zero-order chi connectivity index (χ0) is 19.1. The first-order valence-corrected chi connectivity index (χ1v) is 10.7. The predicted molar refractivity (Wildman–Crippen MR) is 109 cm³/mol. The highest BCUT2D eigenvalue weighted by Gasteiger charge is 2.21. The second-order valence-corrected chi connectivity index (χ2v) is 8.01. The van der Waals surface area contributed by atoms with Crippen molar-refractivity contribution in [1.82, 2.24) is 20.4 Å². The van der Waals surface area contributed by atoms with E-state index < -0.39 is 0 Å². The van der Waals surface area contributed by atoms with E-state index in [0.29, 0.717) is 18.5 Å². The number of ether oxygens (including phenoxy) is 1. The molecular weight excluding hydrogens is 362 g/mol. The Morgan fingerprint density at radius 3 is 2.93 bits per heavy atom. The molecule has 2 N–H and O–H groups in total. The van der Waals surface area contributed by atoms with Gasteiger partial charge in [0, 0.05) is 50.2 Å². The average molecular weight is 394 g/mol. The fourth-order valence-electron chi connectivity index (χ4n) is 3.44. The van der Waals surface area contributed by atoms with Gasteiger partial charge in [-0.3, -0.25) is 9.69 Å². The molecule has 0 aliphatic carbocycles. The Hall–Kier alpha value is -1.64. The normalized spacial score (nSPS) is 19.5. The van der Waals surface area contributed by atoms with Crippen LogP contribution in [0.2, 0.25) is 0 Å². The lowest BCUT2D eigenvalue weighted by atomic mass is 10.1. The summed E-state index contributed by atoms with van der Waals surface area (Å²) < 4.78 is 5.41. The monoisotopic (exact) mass is 393 g/mol. The van der Waals surface area contributed by atoms with Gasteiger partial charge in [-0.25, -0.2) is 4.99 Å². The third kappa shape index (κ3) is 5.67. The maximum Gasteiger partial charge on any atom is 0.244 e. The van der Waals surface area contributed by atoms with Crippen LogP contribution in [0.3, 0.4) is 0 Å². The van der Waals surface area contributed by atoms with Crippen LogP contribution in [-0.4, -0.2) is 80.2 Å². The standard InChI is InChI=1S/C19H31N5O2S/c1-3-20-19(21-12-15(2)23-7-9-26-10-8-23)22-13-18(25)24-6-4-17-16(14-24)5-11-27-17/h5,11,15H,3-4,6-10,12-14H2,1-2H3,(H2,20,21,22). The number of thiophene rings is 1. The largest absolute Gasteiger partial charge is 0.379 e. The molecule has 0 aromatic carbocycles. The zero-order valence-electron chi connectivity index (χ0n) is 16.4. The fraction of sp³-hybridized carbons (Fsp3) is 0.684. The SMILES string of the molecule is CCNC(=NCC(=O)N1CCc2sccc2C1)NCC(C)N1CCOCC1. The first-order chi connectivity index (χ1) is 13.2. The molecule has 7 nitrogen and oxygen atoms in total. The molecule has 0 bridgehead atoms. The highest BCUT2D eigenvalue weighted by Crippen LogP contribution is 2.23.